The lowest BCUT2D eigenvalue weighted by molar-refractivity contribution is 0.622. The Labute approximate surface area is 127 Å². The number of thioether (sulfide) groups is 1. The lowest BCUT2D eigenvalue weighted by Gasteiger charge is -2.18. The van der Waals surface area contributed by atoms with E-state index in [0.29, 0.717) is 12.6 Å². The minimum absolute atomic E-state index is 0.464. The zero-order valence-electron chi connectivity index (χ0n) is 12.4. The molecule has 106 valence electrons. The minimum Gasteiger partial charge on any atom is -0.300 e. The molecule has 1 aromatic carbocycles. The van der Waals surface area contributed by atoms with Crippen molar-refractivity contribution >= 4 is 17.3 Å². The SMILES string of the molecule is C#CCNC1CCC/C1=C(/C)c1ccccc1SCC. The lowest BCUT2D eigenvalue weighted by atomic mass is 9.98. The predicted octanol–water partition coefficient (Wildman–Crippen LogP) is 4.35. The maximum atomic E-state index is 5.37. The fourth-order valence-corrected chi connectivity index (χ4v) is 3.79. The summed E-state index contributed by atoms with van der Waals surface area (Å²) in [5, 5.41) is 3.48. The third kappa shape index (κ3) is 3.48. The Morgan fingerprint density at radius 3 is 3.00 bits per heavy atom. The highest BCUT2D eigenvalue weighted by molar-refractivity contribution is 7.99. The van der Waals surface area contributed by atoms with Crippen LogP contribution in [0, 0.1) is 12.3 Å². The average Bonchev–Trinajstić information content (AvgIpc) is 2.93. The van der Waals surface area contributed by atoms with Crippen LogP contribution in [0.25, 0.3) is 5.57 Å². The van der Waals surface area contributed by atoms with Gasteiger partial charge in [-0.15, -0.1) is 18.2 Å². The van der Waals surface area contributed by atoms with E-state index in [4.69, 9.17) is 6.42 Å². The third-order valence-corrected chi connectivity index (χ3v) is 4.84. The molecule has 0 aromatic heterocycles. The van der Waals surface area contributed by atoms with E-state index in [-0.39, 0.29) is 0 Å². The van der Waals surface area contributed by atoms with Crippen LogP contribution in [0.1, 0.15) is 38.7 Å². The molecule has 1 fully saturated rings. The second-order valence-corrected chi connectivity index (χ2v) is 6.42. The van der Waals surface area contributed by atoms with E-state index in [0.717, 1.165) is 5.75 Å². The second kappa shape index (κ2) is 7.57. The molecule has 0 heterocycles. The Hall–Kier alpha value is -1.17. The van der Waals surface area contributed by atoms with E-state index in [1.165, 1.54) is 35.3 Å². The fraction of sp³-hybridized carbons (Fsp3) is 0.444. The smallest absolute Gasteiger partial charge is 0.0578 e. The summed E-state index contributed by atoms with van der Waals surface area (Å²) < 4.78 is 0. The van der Waals surface area contributed by atoms with Crippen LogP contribution < -0.4 is 5.32 Å². The van der Waals surface area contributed by atoms with Crippen LogP contribution in [-0.2, 0) is 0 Å². The summed E-state index contributed by atoms with van der Waals surface area (Å²) in [5.74, 6) is 3.80. The van der Waals surface area contributed by atoms with Gasteiger partial charge in [-0.25, -0.2) is 0 Å². The fourth-order valence-electron chi connectivity index (χ4n) is 2.93. The van der Waals surface area contributed by atoms with Gasteiger partial charge in [-0.2, -0.15) is 0 Å². The van der Waals surface area contributed by atoms with Crippen molar-refractivity contribution in [3.8, 4) is 12.3 Å². The molecular formula is C18H23NS. The number of benzene rings is 1. The first kappa shape index (κ1) is 15.2. The van der Waals surface area contributed by atoms with Gasteiger partial charge in [-0.1, -0.05) is 31.0 Å². The van der Waals surface area contributed by atoms with Crippen molar-refractivity contribution in [3.63, 3.8) is 0 Å². The summed E-state index contributed by atoms with van der Waals surface area (Å²) in [6, 6.07) is 9.20. The highest BCUT2D eigenvalue weighted by Gasteiger charge is 2.23. The minimum atomic E-state index is 0.464. The number of rotatable bonds is 5. The molecule has 0 saturated heterocycles. The summed E-state index contributed by atoms with van der Waals surface area (Å²) >= 11 is 1.92. The number of hydrogen-bond donors (Lipinski definition) is 1. The largest absolute Gasteiger partial charge is 0.300 e. The average molecular weight is 285 g/mol. The number of allylic oxidation sites excluding steroid dienone is 1. The molecule has 1 saturated carbocycles. The van der Waals surface area contributed by atoms with Crippen molar-refractivity contribution in [2.24, 2.45) is 0 Å². The monoisotopic (exact) mass is 285 g/mol. The Morgan fingerprint density at radius 1 is 1.45 bits per heavy atom. The quantitative estimate of drug-likeness (QED) is 0.638. The van der Waals surface area contributed by atoms with Crippen LogP contribution in [0.2, 0.25) is 0 Å². The second-order valence-electron chi connectivity index (χ2n) is 5.11. The first-order chi connectivity index (χ1) is 9.77. The van der Waals surface area contributed by atoms with Gasteiger partial charge in [0.2, 0.25) is 0 Å². The van der Waals surface area contributed by atoms with Gasteiger partial charge in [0, 0.05) is 10.9 Å². The van der Waals surface area contributed by atoms with Crippen LogP contribution in [0.5, 0.6) is 0 Å². The maximum Gasteiger partial charge on any atom is 0.0578 e. The van der Waals surface area contributed by atoms with Gasteiger partial charge in [-0.05, 0) is 54.7 Å². The van der Waals surface area contributed by atoms with Gasteiger partial charge in [0.15, 0.2) is 0 Å². The van der Waals surface area contributed by atoms with Crippen molar-refractivity contribution in [1.82, 2.24) is 5.32 Å². The molecule has 1 atom stereocenters. The molecule has 1 unspecified atom stereocenters. The van der Waals surface area contributed by atoms with Crippen molar-refractivity contribution in [3.05, 3.63) is 35.4 Å². The molecule has 0 spiro atoms. The molecule has 0 amide bonds. The van der Waals surface area contributed by atoms with Gasteiger partial charge in [0.25, 0.3) is 0 Å². The molecule has 1 aliphatic carbocycles. The Balaban J connectivity index is 2.31. The first-order valence-electron chi connectivity index (χ1n) is 7.36. The first-order valence-corrected chi connectivity index (χ1v) is 8.35. The summed E-state index contributed by atoms with van der Waals surface area (Å²) in [5.41, 5.74) is 4.38. The van der Waals surface area contributed by atoms with E-state index in [1.807, 2.05) is 11.8 Å². The highest BCUT2D eigenvalue weighted by Crippen LogP contribution is 2.35. The summed E-state index contributed by atoms with van der Waals surface area (Å²) in [7, 11) is 0. The number of hydrogen-bond acceptors (Lipinski definition) is 2. The van der Waals surface area contributed by atoms with Gasteiger partial charge in [-0.3, -0.25) is 5.32 Å². The topological polar surface area (TPSA) is 12.0 Å². The summed E-state index contributed by atoms with van der Waals surface area (Å²) in [6.07, 6.45) is 9.03. The Kier molecular flexibility index (Phi) is 5.76. The highest BCUT2D eigenvalue weighted by atomic mass is 32.2. The molecule has 2 rings (SSSR count). The van der Waals surface area contributed by atoms with E-state index in [9.17, 15) is 0 Å². The van der Waals surface area contributed by atoms with Gasteiger partial charge < -0.3 is 0 Å². The molecular weight excluding hydrogens is 262 g/mol. The van der Waals surface area contributed by atoms with E-state index < -0.39 is 0 Å². The van der Waals surface area contributed by atoms with Crippen LogP contribution in [0.4, 0.5) is 0 Å². The maximum absolute atomic E-state index is 5.37. The van der Waals surface area contributed by atoms with Crippen molar-refractivity contribution in [2.45, 2.75) is 44.0 Å². The normalized spacial score (nSPS) is 20.8. The zero-order chi connectivity index (χ0) is 14.4. The van der Waals surface area contributed by atoms with Gasteiger partial charge >= 0.3 is 0 Å². The van der Waals surface area contributed by atoms with Crippen LogP contribution in [0.3, 0.4) is 0 Å². The summed E-state index contributed by atoms with van der Waals surface area (Å²) in [6.45, 7) is 5.13. The lowest BCUT2D eigenvalue weighted by Crippen LogP contribution is -2.28. The molecule has 1 nitrogen and oxygen atoms in total. The van der Waals surface area contributed by atoms with Crippen molar-refractivity contribution in [1.29, 1.82) is 0 Å². The molecule has 1 aromatic rings. The molecule has 0 bridgehead atoms. The van der Waals surface area contributed by atoms with E-state index in [2.05, 4.69) is 49.4 Å². The molecule has 0 aliphatic heterocycles. The molecule has 20 heavy (non-hydrogen) atoms. The molecule has 0 radical (unpaired) electrons. The third-order valence-electron chi connectivity index (χ3n) is 3.88. The molecule has 1 aliphatic rings. The standard InChI is InChI=1S/C18H23NS/c1-4-13-19-17-11-8-10-15(17)14(3)16-9-6-7-12-18(16)20-5-2/h1,6-7,9,12,17,19H,5,8,10-11,13H2,2-3H3/b15-14+. The number of terminal acetylenes is 1. The van der Waals surface area contributed by atoms with E-state index >= 15 is 0 Å². The van der Waals surface area contributed by atoms with Gasteiger partial charge in [0.1, 0.15) is 0 Å². The van der Waals surface area contributed by atoms with Gasteiger partial charge in [0.05, 0.1) is 6.54 Å². The predicted molar refractivity (Wildman–Crippen MR) is 89.9 cm³/mol. The van der Waals surface area contributed by atoms with Crippen LogP contribution in [-0.4, -0.2) is 18.3 Å². The molecule has 1 N–H and O–H groups in total. The number of nitrogens with one attached hydrogen (secondary N) is 1. The van der Waals surface area contributed by atoms with Crippen LogP contribution >= 0.6 is 11.8 Å². The van der Waals surface area contributed by atoms with Crippen molar-refractivity contribution in [2.75, 3.05) is 12.3 Å². The van der Waals surface area contributed by atoms with E-state index in [1.54, 1.807) is 5.57 Å². The summed E-state index contributed by atoms with van der Waals surface area (Å²) in [4.78, 5) is 1.39. The Bertz CT molecular complexity index is 524. The molecule has 2 heteroatoms. The van der Waals surface area contributed by atoms with Crippen LogP contribution in [0.15, 0.2) is 34.7 Å². The zero-order valence-corrected chi connectivity index (χ0v) is 13.2. The Morgan fingerprint density at radius 2 is 2.25 bits per heavy atom. The van der Waals surface area contributed by atoms with Crippen molar-refractivity contribution < 1.29 is 0 Å².